The maximum absolute atomic E-state index is 12.6. The average molecular weight is 493 g/mol. The molecule has 9 heteroatoms. The maximum Gasteiger partial charge on any atom is 0.251 e. The topological polar surface area (TPSA) is 99.2 Å². The molecule has 8 nitrogen and oxygen atoms in total. The number of carbonyl (C=O) groups excluding carboxylic acids is 2. The number of fused-ring (bicyclic) bond motifs is 3. The summed E-state index contributed by atoms with van der Waals surface area (Å²) in [6, 6.07) is 12.5. The summed E-state index contributed by atoms with van der Waals surface area (Å²) in [7, 11) is 4.04. The van der Waals surface area contributed by atoms with Crippen molar-refractivity contribution in [1.29, 1.82) is 0 Å². The number of amides is 2. The van der Waals surface area contributed by atoms with Crippen molar-refractivity contribution in [2.75, 3.05) is 37.8 Å². The zero-order valence-electron chi connectivity index (χ0n) is 20.3. The van der Waals surface area contributed by atoms with Gasteiger partial charge in [0.15, 0.2) is 0 Å². The Labute approximate surface area is 210 Å². The van der Waals surface area contributed by atoms with Gasteiger partial charge in [-0.15, -0.1) is 0 Å². The quantitative estimate of drug-likeness (QED) is 0.453. The summed E-state index contributed by atoms with van der Waals surface area (Å²) in [5.41, 5.74) is 4.10. The van der Waals surface area contributed by atoms with Crippen LogP contribution >= 0.6 is 11.6 Å². The monoisotopic (exact) mass is 492 g/mol. The number of hydrogen-bond donors (Lipinski definition) is 3. The highest BCUT2D eigenvalue weighted by Crippen LogP contribution is 2.34. The molecule has 0 saturated carbocycles. The Morgan fingerprint density at radius 2 is 1.91 bits per heavy atom. The summed E-state index contributed by atoms with van der Waals surface area (Å²) in [5, 5.41) is 9.60. The number of benzene rings is 2. The van der Waals surface area contributed by atoms with Gasteiger partial charge in [0.25, 0.3) is 5.91 Å². The minimum Gasteiger partial charge on any atom is -0.351 e. The first-order valence-electron chi connectivity index (χ1n) is 11.4. The largest absolute Gasteiger partial charge is 0.351 e. The highest BCUT2D eigenvalue weighted by atomic mass is 35.5. The molecule has 1 aliphatic heterocycles. The molecule has 35 heavy (non-hydrogen) atoms. The van der Waals surface area contributed by atoms with E-state index < -0.39 is 0 Å². The zero-order valence-corrected chi connectivity index (χ0v) is 21.0. The van der Waals surface area contributed by atoms with Crippen LogP contribution in [0.15, 0.2) is 48.7 Å². The van der Waals surface area contributed by atoms with Crippen molar-refractivity contribution in [2.24, 2.45) is 5.41 Å². The van der Waals surface area contributed by atoms with E-state index in [1.54, 1.807) is 30.5 Å². The second-order valence-corrected chi connectivity index (χ2v) is 10.2. The summed E-state index contributed by atoms with van der Waals surface area (Å²) >= 11 is 6.11. The Bertz CT molecular complexity index is 1260. The fraction of sp³-hybridized carbons (Fsp3) is 0.308. The third-order valence-electron chi connectivity index (χ3n) is 5.60. The van der Waals surface area contributed by atoms with Gasteiger partial charge >= 0.3 is 0 Å². The van der Waals surface area contributed by atoms with Gasteiger partial charge in [-0.1, -0.05) is 25.4 Å². The molecule has 0 atom stereocenters. The number of anilines is 3. The number of aromatic nitrogens is 2. The van der Waals surface area contributed by atoms with E-state index in [1.165, 1.54) is 0 Å². The van der Waals surface area contributed by atoms with Crippen LogP contribution in [0.1, 0.15) is 29.8 Å². The first kappa shape index (κ1) is 24.6. The fourth-order valence-electron chi connectivity index (χ4n) is 4.19. The third-order valence-corrected chi connectivity index (χ3v) is 5.84. The molecule has 0 aliphatic carbocycles. The Balaban J connectivity index is 1.48. The Kier molecular flexibility index (Phi) is 7.05. The first-order chi connectivity index (χ1) is 16.6. The van der Waals surface area contributed by atoms with E-state index in [0.717, 1.165) is 23.4 Å². The molecule has 0 saturated heterocycles. The summed E-state index contributed by atoms with van der Waals surface area (Å²) < 4.78 is 0. The average Bonchev–Trinajstić information content (AvgIpc) is 2.92. The lowest BCUT2D eigenvalue weighted by atomic mass is 9.93. The standard InChI is InChI=1S/C26H29ClN6O2/c1-26(2,15-33(3)4)14-29-24(35)16-5-8-19(9-6-16)30-25-28-13-17-11-22(34)31-21-12-18(27)7-10-20(21)23(17)32-25/h5-10,12-13H,11,14-15H2,1-4H3,(H,29,35)(H,31,34)(H,28,30,32). The van der Waals surface area contributed by atoms with E-state index >= 15 is 0 Å². The number of nitrogens with one attached hydrogen (secondary N) is 3. The van der Waals surface area contributed by atoms with Crippen LogP contribution < -0.4 is 16.0 Å². The zero-order chi connectivity index (χ0) is 25.2. The van der Waals surface area contributed by atoms with Crippen LogP contribution in [0, 0.1) is 5.41 Å². The van der Waals surface area contributed by atoms with Crippen molar-refractivity contribution in [1.82, 2.24) is 20.2 Å². The highest BCUT2D eigenvalue weighted by Gasteiger charge is 2.22. The molecule has 0 spiro atoms. The molecular weight excluding hydrogens is 464 g/mol. The van der Waals surface area contributed by atoms with E-state index in [2.05, 4.69) is 44.7 Å². The molecule has 0 radical (unpaired) electrons. The summed E-state index contributed by atoms with van der Waals surface area (Å²) in [6.45, 7) is 5.70. The molecule has 2 aromatic carbocycles. The fourth-order valence-corrected chi connectivity index (χ4v) is 4.36. The van der Waals surface area contributed by atoms with Gasteiger partial charge in [-0.05, 0) is 62.0 Å². The molecule has 182 valence electrons. The van der Waals surface area contributed by atoms with Gasteiger partial charge < -0.3 is 20.9 Å². The predicted molar refractivity (Wildman–Crippen MR) is 139 cm³/mol. The normalized spacial score (nSPS) is 12.9. The lowest BCUT2D eigenvalue weighted by molar-refractivity contribution is -0.115. The van der Waals surface area contributed by atoms with Gasteiger partial charge in [0.2, 0.25) is 11.9 Å². The van der Waals surface area contributed by atoms with Gasteiger partial charge in [-0.25, -0.2) is 9.97 Å². The Morgan fingerprint density at radius 1 is 1.17 bits per heavy atom. The minimum atomic E-state index is -0.143. The lowest BCUT2D eigenvalue weighted by Crippen LogP contribution is -2.39. The molecule has 0 unspecified atom stereocenters. The molecular formula is C26H29ClN6O2. The highest BCUT2D eigenvalue weighted by molar-refractivity contribution is 6.31. The molecule has 3 aromatic rings. The van der Waals surface area contributed by atoms with Gasteiger partial charge in [-0.3, -0.25) is 9.59 Å². The Morgan fingerprint density at radius 3 is 2.63 bits per heavy atom. The van der Waals surface area contributed by atoms with Crippen LogP contribution in [0.3, 0.4) is 0 Å². The molecule has 1 aromatic heterocycles. The van der Waals surface area contributed by atoms with Crippen LogP contribution in [0.5, 0.6) is 0 Å². The third kappa shape index (κ3) is 6.15. The number of nitrogens with zero attached hydrogens (tertiary/aromatic N) is 3. The van der Waals surface area contributed by atoms with Gasteiger partial charge in [0.1, 0.15) is 0 Å². The number of halogens is 1. The van der Waals surface area contributed by atoms with E-state index in [1.807, 2.05) is 32.3 Å². The smallest absolute Gasteiger partial charge is 0.251 e. The molecule has 0 bridgehead atoms. The summed E-state index contributed by atoms with van der Waals surface area (Å²) in [4.78, 5) is 36.0. The summed E-state index contributed by atoms with van der Waals surface area (Å²) in [5.74, 6) is 0.134. The first-order valence-corrected chi connectivity index (χ1v) is 11.7. The van der Waals surface area contributed by atoms with Crippen molar-refractivity contribution in [3.63, 3.8) is 0 Å². The van der Waals surface area contributed by atoms with Gasteiger partial charge in [-0.2, -0.15) is 0 Å². The molecule has 2 amide bonds. The van der Waals surface area contributed by atoms with Gasteiger partial charge in [0.05, 0.1) is 17.8 Å². The molecule has 4 rings (SSSR count). The minimum absolute atomic E-state index is 0.0343. The molecule has 2 heterocycles. The van der Waals surface area contributed by atoms with Crippen LogP contribution in [-0.2, 0) is 11.2 Å². The van der Waals surface area contributed by atoms with Crippen LogP contribution in [-0.4, -0.2) is 53.9 Å². The van der Waals surface area contributed by atoms with Gasteiger partial charge in [0, 0.05) is 46.7 Å². The van der Waals surface area contributed by atoms with Crippen LogP contribution in [0.4, 0.5) is 17.3 Å². The second kappa shape index (κ2) is 10.0. The lowest BCUT2D eigenvalue weighted by Gasteiger charge is -2.28. The SMILES string of the molecule is CN(C)CC(C)(C)CNC(=O)c1ccc(Nc2ncc3c(n2)-c2ccc(Cl)cc2NC(=O)C3)cc1. The summed E-state index contributed by atoms with van der Waals surface area (Å²) in [6.07, 6.45) is 1.84. The number of hydrogen-bond acceptors (Lipinski definition) is 6. The van der Waals surface area contributed by atoms with Crippen LogP contribution in [0.2, 0.25) is 5.02 Å². The van der Waals surface area contributed by atoms with Crippen molar-refractivity contribution in [3.8, 4) is 11.3 Å². The second-order valence-electron chi connectivity index (χ2n) is 9.77. The molecule has 3 N–H and O–H groups in total. The number of carbonyl (C=O) groups is 2. The van der Waals surface area contributed by atoms with Crippen molar-refractivity contribution in [3.05, 3.63) is 64.8 Å². The van der Waals surface area contributed by atoms with E-state index in [9.17, 15) is 9.59 Å². The van der Waals surface area contributed by atoms with E-state index in [-0.39, 0.29) is 23.7 Å². The van der Waals surface area contributed by atoms with Crippen molar-refractivity contribution >= 4 is 40.7 Å². The van der Waals surface area contributed by atoms with E-state index in [4.69, 9.17) is 11.6 Å². The number of rotatable bonds is 7. The molecule has 0 fully saturated rings. The Hall–Kier alpha value is -3.49. The predicted octanol–water partition coefficient (Wildman–Crippen LogP) is 4.35. The van der Waals surface area contributed by atoms with E-state index in [0.29, 0.717) is 34.5 Å². The molecule has 1 aliphatic rings. The van der Waals surface area contributed by atoms with Crippen molar-refractivity contribution in [2.45, 2.75) is 20.3 Å². The van der Waals surface area contributed by atoms with Crippen LogP contribution in [0.25, 0.3) is 11.3 Å². The van der Waals surface area contributed by atoms with Crippen molar-refractivity contribution < 1.29 is 9.59 Å². The maximum atomic E-state index is 12.6.